The average Bonchev–Trinajstić information content (AvgIpc) is 3.71. The molecule has 12 heteroatoms. The van der Waals surface area contributed by atoms with Gasteiger partial charge in [0.25, 0.3) is 6.33 Å². The van der Waals surface area contributed by atoms with E-state index in [0.717, 1.165) is 34.4 Å². The van der Waals surface area contributed by atoms with E-state index >= 15 is 4.39 Å². The van der Waals surface area contributed by atoms with Crippen molar-refractivity contribution in [2.24, 2.45) is 0 Å². The van der Waals surface area contributed by atoms with E-state index in [4.69, 9.17) is 15.0 Å². The Morgan fingerprint density at radius 3 is 2.48 bits per heavy atom. The van der Waals surface area contributed by atoms with Gasteiger partial charge in [0.2, 0.25) is 6.33 Å². The largest absolute Gasteiger partial charge is 0.425 e. The average molecular weight is 672 g/mol. The number of rotatable bonds is 12. The number of aryl methyl sites for hydroxylation is 2. The second kappa shape index (κ2) is 14.5. The second-order valence-electron chi connectivity index (χ2n) is 12.2. The van der Waals surface area contributed by atoms with Crippen LogP contribution in [0.15, 0.2) is 72.6 Å². The van der Waals surface area contributed by atoms with Crippen LogP contribution in [0.2, 0.25) is 0 Å². The van der Waals surface area contributed by atoms with E-state index in [1.807, 2.05) is 49.8 Å². The molecule has 0 saturated carbocycles. The number of nitrogens with zero attached hydrogens (tertiary/aromatic N) is 5. The van der Waals surface area contributed by atoms with E-state index in [-0.39, 0.29) is 30.7 Å². The molecule has 0 aliphatic carbocycles. The summed E-state index contributed by atoms with van der Waals surface area (Å²) in [5.41, 5.74) is 2.62. The van der Waals surface area contributed by atoms with Crippen molar-refractivity contribution in [3.8, 4) is 23.1 Å². The van der Waals surface area contributed by atoms with Gasteiger partial charge in [-0.25, -0.2) is 18.3 Å². The van der Waals surface area contributed by atoms with Crippen LogP contribution in [0, 0.1) is 36.8 Å². The molecule has 0 fully saturated rings. The van der Waals surface area contributed by atoms with Gasteiger partial charge in [0.15, 0.2) is 0 Å². The number of aromatic nitrogens is 4. The summed E-state index contributed by atoms with van der Waals surface area (Å²) in [5.74, 6) is -2.18. The summed E-state index contributed by atoms with van der Waals surface area (Å²) >= 11 is 1.32. The Hall–Kier alpha value is -4.83. The van der Waals surface area contributed by atoms with Crippen molar-refractivity contribution in [2.75, 3.05) is 6.54 Å². The van der Waals surface area contributed by atoms with Crippen LogP contribution in [-0.2, 0) is 23.5 Å². The summed E-state index contributed by atoms with van der Waals surface area (Å²) < 4.78 is 38.2. The van der Waals surface area contributed by atoms with Crippen molar-refractivity contribution in [3.63, 3.8) is 0 Å². The fourth-order valence-corrected chi connectivity index (χ4v) is 6.52. The molecule has 2 atom stereocenters. The zero-order chi connectivity index (χ0) is 34.6. The van der Waals surface area contributed by atoms with Gasteiger partial charge in [-0.15, -0.1) is 16.0 Å². The number of thiazole rings is 1. The van der Waals surface area contributed by atoms with Crippen LogP contribution in [0.25, 0.3) is 11.3 Å². The molecule has 48 heavy (non-hydrogen) atoms. The lowest BCUT2D eigenvalue weighted by Gasteiger charge is -2.32. The highest BCUT2D eigenvalue weighted by molar-refractivity contribution is 7.10. The van der Waals surface area contributed by atoms with Gasteiger partial charge >= 0.3 is 5.97 Å². The normalized spacial score (nSPS) is 13.2. The van der Waals surface area contributed by atoms with E-state index in [1.54, 1.807) is 43.8 Å². The van der Waals surface area contributed by atoms with Crippen LogP contribution >= 0.6 is 11.3 Å². The maximum atomic E-state index is 15.3. The van der Waals surface area contributed by atoms with Crippen molar-refractivity contribution < 1.29 is 28.0 Å². The third kappa shape index (κ3) is 7.82. The van der Waals surface area contributed by atoms with E-state index in [2.05, 4.69) is 16.5 Å². The number of nitrogens with one attached hydrogen (secondary N) is 1. The molecule has 0 amide bonds. The number of carbonyl (C=O) groups excluding carboxylic acids is 1. The number of esters is 1. The van der Waals surface area contributed by atoms with Crippen LogP contribution in [0.4, 0.5) is 8.78 Å². The molecule has 2 heterocycles. The number of aliphatic hydroxyl groups is 1. The Balaban J connectivity index is 1.38. The van der Waals surface area contributed by atoms with Crippen molar-refractivity contribution in [1.82, 2.24) is 20.1 Å². The Morgan fingerprint density at radius 1 is 1.12 bits per heavy atom. The predicted octanol–water partition coefficient (Wildman–Crippen LogP) is 5.70. The molecular weight excluding hydrogens is 634 g/mol. The molecule has 248 valence electrons. The highest BCUT2D eigenvalue weighted by Gasteiger charge is 2.43. The van der Waals surface area contributed by atoms with E-state index in [9.17, 15) is 14.3 Å². The molecule has 0 radical (unpaired) electrons. The summed E-state index contributed by atoms with van der Waals surface area (Å²) in [6, 6.07) is 16.3. The van der Waals surface area contributed by atoms with Gasteiger partial charge in [-0.2, -0.15) is 5.26 Å². The molecule has 5 aromatic rings. The topological polar surface area (TPSA) is 117 Å². The SMILES string of the molecule is Cc1cc(C[n+]2cnn(CC(O)(c3ccc(F)cc3F)C(C)c3nc(-c4ccc(C#N)cc4)cs3)c2)cc(C)c1OC(=O)CNC(C)C. The van der Waals surface area contributed by atoms with Crippen LogP contribution in [0.1, 0.15) is 59.5 Å². The molecule has 0 spiro atoms. The van der Waals surface area contributed by atoms with Crippen molar-refractivity contribution >= 4 is 17.3 Å². The third-order valence-corrected chi connectivity index (χ3v) is 9.13. The van der Waals surface area contributed by atoms with Crippen molar-refractivity contribution in [1.29, 1.82) is 5.26 Å². The first-order valence-electron chi connectivity index (χ1n) is 15.5. The van der Waals surface area contributed by atoms with Gasteiger partial charge in [0, 0.05) is 39.6 Å². The quantitative estimate of drug-likeness (QED) is 0.0993. The number of hydrogen-bond acceptors (Lipinski definition) is 8. The Morgan fingerprint density at radius 2 is 1.83 bits per heavy atom. The Bertz CT molecular complexity index is 1940. The fourth-order valence-electron chi connectivity index (χ4n) is 5.55. The molecule has 2 unspecified atom stereocenters. The first-order chi connectivity index (χ1) is 22.9. The number of hydrogen-bond donors (Lipinski definition) is 2. The van der Waals surface area contributed by atoms with E-state index < -0.39 is 23.2 Å². The van der Waals surface area contributed by atoms with Crippen molar-refractivity contribution in [2.45, 2.75) is 65.3 Å². The number of nitriles is 1. The molecule has 0 aliphatic heterocycles. The standard InChI is InChI=1S/C36H37F2N6O3S/c1-22(2)40-16-33(45)47-34-23(3)12-27(13-24(34)4)17-43-20-41-44(21-43)19-36(46,30-11-10-29(37)14-31(30)38)25(5)35-42-32(18-48-35)28-8-6-26(15-39)7-9-28/h6-14,18,20-22,25,40,46H,16-17,19H2,1-5H3/q+1. The first-order valence-corrected chi connectivity index (χ1v) is 16.3. The summed E-state index contributed by atoms with van der Waals surface area (Å²) in [6.45, 7) is 9.83. The lowest BCUT2D eigenvalue weighted by molar-refractivity contribution is -0.689. The summed E-state index contributed by atoms with van der Waals surface area (Å²) in [5, 5.41) is 31.3. The molecule has 0 aliphatic rings. The van der Waals surface area contributed by atoms with Gasteiger partial charge in [-0.1, -0.05) is 39.0 Å². The van der Waals surface area contributed by atoms with Crippen LogP contribution < -0.4 is 14.6 Å². The van der Waals surface area contributed by atoms with Gasteiger partial charge in [-0.05, 0) is 60.9 Å². The second-order valence-corrected chi connectivity index (χ2v) is 13.1. The molecule has 0 saturated heterocycles. The molecule has 3 aromatic carbocycles. The maximum absolute atomic E-state index is 15.3. The Labute approximate surface area is 282 Å². The summed E-state index contributed by atoms with van der Waals surface area (Å²) in [6.07, 6.45) is 3.31. The minimum Gasteiger partial charge on any atom is -0.425 e. The molecule has 5 rings (SSSR count). The lowest BCUT2D eigenvalue weighted by Crippen LogP contribution is -2.39. The smallest absolute Gasteiger partial charge is 0.325 e. The summed E-state index contributed by atoms with van der Waals surface area (Å²) in [7, 11) is 0. The monoisotopic (exact) mass is 671 g/mol. The molecule has 2 N–H and O–H groups in total. The minimum absolute atomic E-state index is 0.0754. The lowest BCUT2D eigenvalue weighted by atomic mass is 9.82. The minimum atomic E-state index is -1.86. The highest BCUT2D eigenvalue weighted by Crippen LogP contribution is 2.41. The van der Waals surface area contributed by atoms with Crippen LogP contribution in [-0.4, -0.2) is 38.4 Å². The van der Waals surface area contributed by atoms with Crippen molar-refractivity contribution in [3.05, 3.63) is 117 Å². The van der Waals surface area contributed by atoms with E-state index in [0.29, 0.717) is 28.6 Å². The molecule has 9 nitrogen and oxygen atoms in total. The molecule has 2 aromatic heterocycles. The Kier molecular flexibility index (Phi) is 10.4. The number of carbonyl (C=O) groups is 1. The highest BCUT2D eigenvalue weighted by atomic mass is 32.1. The maximum Gasteiger partial charge on any atom is 0.325 e. The van der Waals surface area contributed by atoms with E-state index in [1.165, 1.54) is 22.1 Å². The predicted molar refractivity (Wildman–Crippen MR) is 177 cm³/mol. The van der Waals surface area contributed by atoms with Crippen LogP contribution in [0.3, 0.4) is 0 Å². The fraction of sp³-hybridized carbons (Fsp3) is 0.306. The van der Waals surface area contributed by atoms with Crippen LogP contribution in [0.5, 0.6) is 5.75 Å². The number of halogens is 2. The van der Waals surface area contributed by atoms with Gasteiger partial charge in [-0.3, -0.25) is 4.79 Å². The zero-order valence-electron chi connectivity index (χ0n) is 27.4. The number of ether oxygens (including phenoxy) is 1. The van der Waals surface area contributed by atoms with Gasteiger partial charge in [0.05, 0.1) is 35.4 Å². The molecule has 0 bridgehead atoms. The van der Waals surface area contributed by atoms with Gasteiger partial charge < -0.3 is 15.2 Å². The number of benzene rings is 3. The molecular formula is C36H37F2N6O3S+. The first kappa shape index (κ1) is 34.5. The summed E-state index contributed by atoms with van der Waals surface area (Å²) in [4.78, 5) is 17.1. The third-order valence-electron chi connectivity index (χ3n) is 8.10. The van der Waals surface area contributed by atoms with Gasteiger partial charge in [0.1, 0.15) is 29.5 Å². The zero-order valence-corrected chi connectivity index (χ0v) is 28.2.